The average Bonchev–Trinajstić information content (AvgIpc) is 2.68. The predicted molar refractivity (Wildman–Crippen MR) is 115 cm³/mol. The fraction of sp³-hybridized carbons (Fsp3) is 0.476. The number of aromatic nitrogens is 2. The molecule has 0 aliphatic carbocycles. The van der Waals surface area contributed by atoms with E-state index in [2.05, 4.69) is 51.1 Å². The molecule has 2 aromatic rings. The maximum atomic E-state index is 15.0. The summed E-state index contributed by atoms with van der Waals surface area (Å²) in [6.45, 7) is 9.31. The van der Waals surface area contributed by atoms with Gasteiger partial charge in [-0.2, -0.15) is 10.2 Å². The van der Waals surface area contributed by atoms with Crippen molar-refractivity contribution < 1.29 is 4.39 Å². The Kier molecular flexibility index (Phi) is 7.04. The molecule has 0 bridgehead atoms. The Morgan fingerprint density at radius 2 is 2.17 bits per heavy atom. The molecule has 0 radical (unpaired) electrons. The first-order chi connectivity index (χ1) is 14.4. The summed E-state index contributed by atoms with van der Waals surface area (Å²) in [5, 5.41) is 23.0. The second-order valence-corrected chi connectivity index (χ2v) is 8.13. The molecule has 8 nitrogen and oxygen atoms in total. The van der Waals surface area contributed by atoms with Gasteiger partial charge in [0.25, 0.3) is 0 Å². The fourth-order valence-electron chi connectivity index (χ4n) is 3.99. The average molecular weight is 413 g/mol. The van der Waals surface area contributed by atoms with Crippen LogP contribution in [0.1, 0.15) is 37.6 Å². The van der Waals surface area contributed by atoms with Crippen LogP contribution < -0.4 is 10.7 Å². The van der Waals surface area contributed by atoms with E-state index >= 15 is 4.39 Å². The zero-order chi connectivity index (χ0) is 21.7. The summed E-state index contributed by atoms with van der Waals surface area (Å²) in [6.07, 6.45) is 2.43. The number of hydrogen-bond acceptors (Lipinski definition) is 6. The normalized spacial score (nSPS) is 17.8. The summed E-state index contributed by atoms with van der Waals surface area (Å²) in [7, 11) is 0. The number of amidine groups is 1. The highest BCUT2D eigenvalue weighted by molar-refractivity contribution is 6.02. The van der Waals surface area contributed by atoms with E-state index in [0.717, 1.165) is 37.3 Å². The van der Waals surface area contributed by atoms with Crippen molar-refractivity contribution in [2.24, 2.45) is 22.1 Å². The van der Waals surface area contributed by atoms with Crippen LogP contribution in [-0.4, -0.2) is 46.6 Å². The van der Waals surface area contributed by atoms with Gasteiger partial charge in [0.15, 0.2) is 5.84 Å². The van der Waals surface area contributed by atoms with E-state index in [-0.39, 0.29) is 17.4 Å². The third-order valence-corrected chi connectivity index (χ3v) is 5.20. The van der Waals surface area contributed by atoms with Gasteiger partial charge in [-0.1, -0.05) is 19.1 Å². The van der Waals surface area contributed by atoms with Gasteiger partial charge in [0.1, 0.15) is 5.82 Å². The first kappa shape index (κ1) is 21.8. The maximum Gasteiger partial charge on any atom is 0.181 e. The van der Waals surface area contributed by atoms with Gasteiger partial charge in [-0.25, -0.2) is 4.39 Å². The third kappa shape index (κ3) is 5.15. The molecule has 0 saturated carbocycles. The van der Waals surface area contributed by atoms with E-state index in [0.29, 0.717) is 18.2 Å². The van der Waals surface area contributed by atoms with Crippen molar-refractivity contribution in [1.29, 1.82) is 5.41 Å². The lowest BCUT2D eigenvalue weighted by Crippen LogP contribution is -2.52. The second kappa shape index (κ2) is 9.71. The summed E-state index contributed by atoms with van der Waals surface area (Å²) in [6, 6.07) is 7.44. The van der Waals surface area contributed by atoms with Gasteiger partial charge in [0.2, 0.25) is 0 Å². The summed E-state index contributed by atoms with van der Waals surface area (Å²) in [5.74, 6) is 4.79. The number of nitrogens with one attached hydrogen (secondary N) is 1. The Balaban J connectivity index is 1.87. The van der Waals surface area contributed by atoms with Gasteiger partial charge in [0.05, 0.1) is 16.9 Å². The van der Waals surface area contributed by atoms with Crippen LogP contribution in [0.3, 0.4) is 0 Å². The van der Waals surface area contributed by atoms with Crippen molar-refractivity contribution in [2.45, 2.75) is 39.8 Å². The molecule has 1 aliphatic heterocycles. The highest BCUT2D eigenvalue weighted by Gasteiger charge is 2.28. The number of rotatable bonds is 6. The van der Waals surface area contributed by atoms with Crippen LogP contribution in [-0.2, 0) is 13.0 Å². The lowest BCUT2D eigenvalue weighted by atomic mass is 9.98. The second-order valence-electron chi connectivity index (χ2n) is 8.13. The lowest BCUT2D eigenvalue weighted by molar-refractivity contribution is 0.218. The van der Waals surface area contributed by atoms with Gasteiger partial charge in [-0.15, -0.1) is 5.11 Å². The predicted octanol–water partition coefficient (Wildman–Crippen LogP) is 3.18. The van der Waals surface area contributed by atoms with E-state index in [1.165, 1.54) is 6.07 Å². The number of nitrogens with two attached hydrogens (primary N) is 1. The standard InChI is InChI=1S/C21H29FN8/c1-14(2)9-16-10-18(22)20(21(23)27-28-24)19(11-16)30-8-7-29(12-15(30)3)13-17-5-4-6-25-26-17/h4-6,10-11,14-15H,7-9,12-13H2,1-3H3,(H3,23,24,27). The van der Waals surface area contributed by atoms with E-state index in [4.69, 9.17) is 11.3 Å². The summed E-state index contributed by atoms with van der Waals surface area (Å²) < 4.78 is 15.0. The minimum Gasteiger partial charge on any atom is -0.366 e. The number of anilines is 1. The van der Waals surface area contributed by atoms with Gasteiger partial charge >= 0.3 is 0 Å². The molecule has 1 aromatic heterocycles. The summed E-state index contributed by atoms with van der Waals surface area (Å²) in [5.41, 5.74) is 2.66. The van der Waals surface area contributed by atoms with E-state index < -0.39 is 5.82 Å². The number of hydrogen-bond donors (Lipinski definition) is 2. The number of nitrogens with zero attached hydrogens (tertiary/aromatic N) is 6. The highest BCUT2D eigenvalue weighted by atomic mass is 19.1. The molecule has 0 spiro atoms. The third-order valence-electron chi connectivity index (χ3n) is 5.20. The van der Waals surface area contributed by atoms with Crippen LogP contribution >= 0.6 is 0 Å². The molecule has 1 fully saturated rings. The zero-order valence-corrected chi connectivity index (χ0v) is 17.7. The molecule has 1 aromatic carbocycles. The van der Waals surface area contributed by atoms with Crippen molar-refractivity contribution >= 4 is 11.5 Å². The Bertz CT molecular complexity index is 899. The van der Waals surface area contributed by atoms with E-state index in [1.807, 2.05) is 18.2 Å². The van der Waals surface area contributed by atoms with Crippen molar-refractivity contribution in [3.63, 3.8) is 0 Å². The Labute approximate surface area is 176 Å². The minimum absolute atomic E-state index is 0.116. The minimum atomic E-state index is -0.463. The number of piperazine rings is 1. The quantitative estimate of drug-likeness (QED) is 0.249. The Hall–Kier alpha value is -2.94. The van der Waals surface area contributed by atoms with Gasteiger partial charge < -0.3 is 10.7 Å². The molecule has 1 saturated heterocycles. The largest absolute Gasteiger partial charge is 0.366 e. The van der Waals surface area contributed by atoms with Gasteiger partial charge in [0, 0.05) is 38.4 Å². The van der Waals surface area contributed by atoms with Crippen LogP contribution in [0.25, 0.3) is 0 Å². The highest BCUT2D eigenvalue weighted by Crippen LogP contribution is 2.30. The topological polar surface area (TPSA) is 107 Å². The molecule has 3 N–H and O–H groups in total. The van der Waals surface area contributed by atoms with Crippen molar-refractivity contribution in [2.75, 3.05) is 24.5 Å². The van der Waals surface area contributed by atoms with Crippen molar-refractivity contribution in [3.8, 4) is 0 Å². The van der Waals surface area contributed by atoms with Crippen LogP contribution in [0.2, 0.25) is 0 Å². The van der Waals surface area contributed by atoms with Crippen LogP contribution in [0.5, 0.6) is 0 Å². The molecule has 1 unspecified atom stereocenters. The van der Waals surface area contributed by atoms with Crippen LogP contribution in [0.4, 0.5) is 10.1 Å². The van der Waals surface area contributed by atoms with Crippen LogP contribution in [0.15, 0.2) is 40.8 Å². The number of halogens is 1. The molecule has 30 heavy (non-hydrogen) atoms. The molecule has 3 rings (SSSR count). The molecule has 0 amide bonds. The van der Waals surface area contributed by atoms with Crippen LogP contribution in [0, 0.1) is 17.1 Å². The first-order valence-electron chi connectivity index (χ1n) is 10.2. The van der Waals surface area contributed by atoms with Crippen molar-refractivity contribution in [3.05, 3.63) is 53.1 Å². The summed E-state index contributed by atoms with van der Waals surface area (Å²) in [4.78, 5) is 4.46. The van der Waals surface area contributed by atoms with Crippen molar-refractivity contribution in [1.82, 2.24) is 15.1 Å². The molecule has 1 aliphatic rings. The lowest BCUT2D eigenvalue weighted by Gasteiger charge is -2.42. The van der Waals surface area contributed by atoms with Gasteiger partial charge in [-0.3, -0.25) is 10.3 Å². The monoisotopic (exact) mass is 412 g/mol. The summed E-state index contributed by atoms with van der Waals surface area (Å²) >= 11 is 0. The molecule has 160 valence electrons. The number of benzene rings is 1. The zero-order valence-electron chi connectivity index (χ0n) is 17.7. The molecule has 1 atom stereocenters. The van der Waals surface area contributed by atoms with Gasteiger partial charge in [-0.05, 0) is 49.1 Å². The smallest absolute Gasteiger partial charge is 0.181 e. The molecular weight excluding hydrogens is 383 g/mol. The SMILES string of the molecule is CC(C)Cc1cc(F)c(C(=N)N=NN)c(N2CCN(Cc3cccnn3)CC2C)c1. The maximum absolute atomic E-state index is 15.0. The molecule has 9 heteroatoms. The molecule has 2 heterocycles. The Morgan fingerprint density at radius 3 is 2.80 bits per heavy atom. The Morgan fingerprint density at radius 1 is 1.37 bits per heavy atom. The van der Waals surface area contributed by atoms with E-state index in [1.54, 1.807) is 6.20 Å². The fourth-order valence-corrected chi connectivity index (χ4v) is 3.99. The first-order valence-corrected chi connectivity index (χ1v) is 10.2. The molecular formula is C21H29FN8. The van der Waals surface area contributed by atoms with E-state index in [9.17, 15) is 0 Å².